The molecule has 0 aliphatic heterocycles. The van der Waals surface area contributed by atoms with E-state index in [9.17, 15) is 4.79 Å². The maximum Gasteiger partial charge on any atom is 0.246 e. The van der Waals surface area contributed by atoms with E-state index in [-0.39, 0.29) is 5.91 Å². The Kier molecular flexibility index (Phi) is 6.17. The van der Waals surface area contributed by atoms with E-state index < -0.39 is 6.04 Å². The quantitative estimate of drug-likeness (QED) is 0.594. The molecular formula is C25H24N4O. The van der Waals surface area contributed by atoms with Crippen LogP contribution >= 0.6 is 0 Å². The zero-order valence-corrected chi connectivity index (χ0v) is 16.7. The first kappa shape index (κ1) is 19.8. The minimum atomic E-state index is -0.465. The van der Waals surface area contributed by atoms with Gasteiger partial charge in [-0.25, -0.2) is 0 Å². The molecule has 0 spiro atoms. The predicted molar refractivity (Wildman–Crippen MR) is 117 cm³/mol. The van der Waals surface area contributed by atoms with Crippen LogP contribution in [0.4, 0.5) is 5.69 Å². The molecule has 150 valence electrons. The van der Waals surface area contributed by atoms with Crippen LogP contribution in [0.3, 0.4) is 0 Å². The summed E-state index contributed by atoms with van der Waals surface area (Å²) in [6.07, 6.45) is 4.92. The van der Waals surface area contributed by atoms with Gasteiger partial charge in [0.2, 0.25) is 5.91 Å². The Morgan fingerprint density at radius 3 is 2.47 bits per heavy atom. The van der Waals surface area contributed by atoms with Crippen molar-refractivity contribution in [2.75, 3.05) is 11.9 Å². The van der Waals surface area contributed by atoms with Crippen molar-refractivity contribution in [3.63, 3.8) is 0 Å². The number of hydrogen-bond donors (Lipinski definition) is 2. The number of carbonyl (C=O) groups excluding carboxylic acids is 1. The van der Waals surface area contributed by atoms with Crippen molar-refractivity contribution in [1.82, 2.24) is 10.3 Å². The number of hydrogen-bond acceptors (Lipinski definition) is 4. The Morgan fingerprint density at radius 2 is 1.83 bits per heavy atom. The summed E-state index contributed by atoms with van der Waals surface area (Å²) in [6.45, 7) is 0.637. The van der Waals surface area contributed by atoms with Crippen molar-refractivity contribution < 1.29 is 4.79 Å². The second-order valence-electron chi connectivity index (χ2n) is 7.59. The fourth-order valence-corrected chi connectivity index (χ4v) is 3.43. The fourth-order valence-electron chi connectivity index (χ4n) is 3.43. The van der Waals surface area contributed by atoms with E-state index in [0.717, 1.165) is 23.2 Å². The number of benzene rings is 2. The van der Waals surface area contributed by atoms with E-state index >= 15 is 0 Å². The van der Waals surface area contributed by atoms with Crippen LogP contribution in [0, 0.1) is 11.3 Å². The second-order valence-corrected chi connectivity index (χ2v) is 7.59. The number of nitrogens with zero attached hydrogens (tertiary/aromatic N) is 2. The second kappa shape index (κ2) is 9.34. The molecule has 0 bridgehead atoms. The molecule has 1 amide bonds. The van der Waals surface area contributed by atoms with Gasteiger partial charge in [-0.05, 0) is 54.7 Å². The highest BCUT2D eigenvalue weighted by molar-refractivity contribution is 5.95. The Morgan fingerprint density at radius 1 is 1.07 bits per heavy atom. The molecule has 4 rings (SSSR count). The van der Waals surface area contributed by atoms with Crippen LogP contribution in [0.25, 0.3) is 0 Å². The Labute approximate surface area is 176 Å². The molecule has 1 aliphatic carbocycles. The maximum atomic E-state index is 13.0. The number of amides is 1. The summed E-state index contributed by atoms with van der Waals surface area (Å²) in [5.74, 6) is 0.484. The van der Waals surface area contributed by atoms with Crippen molar-refractivity contribution in [3.8, 4) is 6.07 Å². The number of carbonyl (C=O) groups is 1. The van der Waals surface area contributed by atoms with Crippen molar-refractivity contribution in [3.05, 3.63) is 95.3 Å². The van der Waals surface area contributed by atoms with Gasteiger partial charge in [-0.15, -0.1) is 0 Å². The summed E-state index contributed by atoms with van der Waals surface area (Å²) in [4.78, 5) is 17.5. The van der Waals surface area contributed by atoms with Gasteiger partial charge >= 0.3 is 0 Å². The monoisotopic (exact) mass is 396 g/mol. The molecule has 1 atom stereocenters. The van der Waals surface area contributed by atoms with E-state index in [4.69, 9.17) is 5.26 Å². The zero-order chi connectivity index (χ0) is 20.8. The van der Waals surface area contributed by atoms with Crippen LogP contribution in [-0.2, 0) is 11.2 Å². The molecule has 1 heterocycles. The molecule has 0 radical (unpaired) electrons. The van der Waals surface area contributed by atoms with Crippen molar-refractivity contribution in [2.24, 2.45) is 0 Å². The number of aromatic nitrogens is 1. The number of nitriles is 1. The summed E-state index contributed by atoms with van der Waals surface area (Å²) < 4.78 is 0. The standard InChI is InChI=1S/C25H24N4O/c26-16-19-8-6-18(7-9-19)14-15-27-24(21-4-2-1-3-5-21)25(30)29-22-12-13-23(28-17-22)20-10-11-20/h1-9,12-13,17,20,24,27H,10-11,14-15H2,(H,29,30). The molecule has 5 nitrogen and oxygen atoms in total. The van der Waals surface area contributed by atoms with Gasteiger partial charge < -0.3 is 10.6 Å². The van der Waals surface area contributed by atoms with Gasteiger partial charge in [0.05, 0.1) is 23.5 Å². The topological polar surface area (TPSA) is 77.8 Å². The number of nitrogens with one attached hydrogen (secondary N) is 2. The lowest BCUT2D eigenvalue weighted by molar-refractivity contribution is -0.118. The van der Waals surface area contributed by atoms with Gasteiger partial charge in [-0.3, -0.25) is 9.78 Å². The van der Waals surface area contributed by atoms with E-state index in [1.165, 1.54) is 12.8 Å². The summed E-state index contributed by atoms with van der Waals surface area (Å²) in [7, 11) is 0. The smallest absolute Gasteiger partial charge is 0.246 e. The molecular weight excluding hydrogens is 372 g/mol. The Bertz CT molecular complexity index is 1020. The first-order valence-electron chi connectivity index (χ1n) is 10.3. The Hall–Kier alpha value is -3.49. The summed E-state index contributed by atoms with van der Waals surface area (Å²) in [5.41, 5.74) is 4.49. The van der Waals surface area contributed by atoms with Crippen LogP contribution in [-0.4, -0.2) is 17.4 Å². The number of rotatable bonds is 8. The SMILES string of the molecule is N#Cc1ccc(CCNC(C(=O)Nc2ccc(C3CC3)nc2)c2ccccc2)cc1. The third-order valence-electron chi connectivity index (χ3n) is 5.29. The van der Waals surface area contributed by atoms with E-state index in [0.29, 0.717) is 23.7 Å². The minimum absolute atomic E-state index is 0.109. The first-order chi connectivity index (χ1) is 14.7. The molecule has 1 unspecified atom stereocenters. The van der Waals surface area contributed by atoms with Crippen LogP contribution in [0.1, 0.15) is 47.2 Å². The van der Waals surface area contributed by atoms with E-state index in [2.05, 4.69) is 21.7 Å². The third kappa shape index (κ3) is 5.11. The van der Waals surface area contributed by atoms with Gasteiger partial charge in [-0.2, -0.15) is 5.26 Å². The Balaban J connectivity index is 1.41. The van der Waals surface area contributed by atoms with Crippen molar-refractivity contribution in [1.29, 1.82) is 5.26 Å². The zero-order valence-electron chi connectivity index (χ0n) is 16.7. The van der Waals surface area contributed by atoms with Crippen LogP contribution in [0.2, 0.25) is 0 Å². The molecule has 2 N–H and O–H groups in total. The molecule has 0 saturated heterocycles. The summed E-state index contributed by atoms with van der Waals surface area (Å²) in [6, 6.07) is 22.8. The highest BCUT2D eigenvalue weighted by atomic mass is 16.2. The van der Waals surface area contributed by atoms with Crippen LogP contribution in [0.15, 0.2) is 72.9 Å². The van der Waals surface area contributed by atoms with Crippen molar-refractivity contribution >= 4 is 11.6 Å². The van der Waals surface area contributed by atoms with Gasteiger partial charge in [0.1, 0.15) is 6.04 Å². The van der Waals surface area contributed by atoms with Crippen LogP contribution < -0.4 is 10.6 Å². The largest absolute Gasteiger partial charge is 0.323 e. The van der Waals surface area contributed by atoms with Crippen molar-refractivity contribution in [2.45, 2.75) is 31.2 Å². The van der Waals surface area contributed by atoms with Gasteiger partial charge in [0.25, 0.3) is 0 Å². The normalized spacial score (nSPS) is 14.0. The van der Waals surface area contributed by atoms with Crippen LogP contribution in [0.5, 0.6) is 0 Å². The molecule has 1 aromatic heterocycles. The number of anilines is 1. The summed E-state index contributed by atoms with van der Waals surface area (Å²) >= 11 is 0. The van der Waals surface area contributed by atoms with E-state index in [1.807, 2.05) is 66.7 Å². The molecule has 5 heteroatoms. The molecule has 3 aromatic rings. The molecule has 1 saturated carbocycles. The lowest BCUT2D eigenvalue weighted by atomic mass is 10.0. The summed E-state index contributed by atoms with van der Waals surface area (Å²) in [5, 5.41) is 15.3. The molecule has 2 aromatic carbocycles. The number of pyridine rings is 1. The van der Waals surface area contributed by atoms with E-state index in [1.54, 1.807) is 6.20 Å². The lowest BCUT2D eigenvalue weighted by Gasteiger charge is -2.19. The van der Waals surface area contributed by atoms with Gasteiger partial charge in [0.15, 0.2) is 0 Å². The van der Waals surface area contributed by atoms with Gasteiger partial charge in [0, 0.05) is 18.2 Å². The average Bonchev–Trinajstić information content (AvgIpc) is 3.64. The predicted octanol–water partition coefficient (Wildman–Crippen LogP) is 4.34. The molecule has 30 heavy (non-hydrogen) atoms. The minimum Gasteiger partial charge on any atom is -0.323 e. The average molecular weight is 396 g/mol. The van der Waals surface area contributed by atoms with Gasteiger partial charge in [-0.1, -0.05) is 42.5 Å². The molecule has 1 fully saturated rings. The first-order valence-corrected chi connectivity index (χ1v) is 10.3. The molecule has 1 aliphatic rings. The highest BCUT2D eigenvalue weighted by Crippen LogP contribution is 2.38. The fraction of sp³-hybridized carbons (Fsp3) is 0.240. The lowest BCUT2D eigenvalue weighted by Crippen LogP contribution is -2.34. The highest BCUT2D eigenvalue weighted by Gasteiger charge is 2.25. The third-order valence-corrected chi connectivity index (χ3v) is 5.29. The maximum absolute atomic E-state index is 13.0.